The third kappa shape index (κ3) is 5.05. The number of carbonyl (C=O) groups is 4. The van der Waals surface area contributed by atoms with Gasteiger partial charge in [0.25, 0.3) is 0 Å². The van der Waals surface area contributed by atoms with Gasteiger partial charge in [-0.3, -0.25) is 14.4 Å². The second-order valence-corrected chi connectivity index (χ2v) is 7.17. The summed E-state index contributed by atoms with van der Waals surface area (Å²) in [5.74, 6) is -1.81. The zero-order valence-corrected chi connectivity index (χ0v) is 16.8. The molecule has 0 saturated carbocycles. The number of nitrogens with one attached hydrogen (secondary N) is 1. The molecule has 0 radical (unpaired) electrons. The molecule has 2 aliphatic rings. The number of anilines is 1. The molecular formula is C20H25FN4O5. The van der Waals surface area contributed by atoms with Gasteiger partial charge in [0.1, 0.15) is 5.82 Å². The number of carbonyl (C=O) groups excluding carboxylic acids is 4. The van der Waals surface area contributed by atoms with Gasteiger partial charge < -0.3 is 24.8 Å². The van der Waals surface area contributed by atoms with E-state index in [1.165, 1.54) is 29.2 Å². The van der Waals surface area contributed by atoms with Crippen LogP contribution in [0.15, 0.2) is 24.3 Å². The lowest BCUT2D eigenvalue weighted by atomic mass is 10.1. The van der Waals surface area contributed by atoms with E-state index in [2.05, 4.69) is 5.32 Å². The maximum atomic E-state index is 13.1. The van der Waals surface area contributed by atoms with E-state index in [0.717, 1.165) is 0 Å². The molecule has 0 unspecified atom stereocenters. The summed E-state index contributed by atoms with van der Waals surface area (Å²) in [6.07, 6.45) is -0.357. The largest absolute Gasteiger partial charge is 0.450 e. The predicted octanol–water partition coefficient (Wildman–Crippen LogP) is 0.596. The molecule has 0 aliphatic carbocycles. The lowest BCUT2D eigenvalue weighted by Crippen LogP contribution is -2.53. The Kier molecular flexibility index (Phi) is 6.86. The van der Waals surface area contributed by atoms with Gasteiger partial charge in [-0.2, -0.15) is 0 Å². The van der Waals surface area contributed by atoms with Gasteiger partial charge in [-0.25, -0.2) is 9.18 Å². The number of hydrogen-bond acceptors (Lipinski definition) is 5. The van der Waals surface area contributed by atoms with Crippen LogP contribution in [-0.2, 0) is 19.1 Å². The van der Waals surface area contributed by atoms with E-state index in [1.54, 1.807) is 16.7 Å². The van der Waals surface area contributed by atoms with Gasteiger partial charge in [0.15, 0.2) is 0 Å². The van der Waals surface area contributed by atoms with E-state index in [-0.39, 0.29) is 37.2 Å². The summed E-state index contributed by atoms with van der Waals surface area (Å²) in [5, 5.41) is 2.60. The van der Waals surface area contributed by atoms with Crippen molar-refractivity contribution in [2.45, 2.75) is 13.3 Å². The van der Waals surface area contributed by atoms with Crippen LogP contribution < -0.4 is 10.2 Å². The molecule has 2 saturated heterocycles. The first-order chi connectivity index (χ1) is 14.4. The number of amides is 4. The second kappa shape index (κ2) is 9.55. The minimum atomic E-state index is -0.573. The van der Waals surface area contributed by atoms with E-state index in [0.29, 0.717) is 38.5 Å². The highest BCUT2D eigenvalue weighted by molar-refractivity contribution is 6.00. The van der Waals surface area contributed by atoms with Gasteiger partial charge in [0, 0.05) is 44.8 Å². The molecule has 1 atom stereocenters. The average molecular weight is 420 g/mol. The predicted molar refractivity (Wildman–Crippen MR) is 105 cm³/mol. The molecule has 1 N–H and O–H groups in total. The van der Waals surface area contributed by atoms with E-state index in [1.807, 2.05) is 0 Å². The third-order valence-corrected chi connectivity index (χ3v) is 5.21. The molecule has 9 nitrogen and oxygen atoms in total. The number of hydrogen-bond donors (Lipinski definition) is 1. The Bertz CT molecular complexity index is 808. The van der Waals surface area contributed by atoms with Crippen LogP contribution in [-0.4, -0.2) is 79.5 Å². The number of ether oxygens (including phenoxy) is 1. The van der Waals surface area contributed by atoms with Crippen LogP contribution in [0.25, 0.3) is 0 Å². The van der Waals surface area contributed by atoms with Crippen molar-refractivity contribution in [1.82, 2.24) is 15.1 Å². The third-order valence-electron chi connectivity index (χ3n) is 5.21. The molecule has 4 amide bonds. The number of nitrogens with zero attached hydrogens (tertiary/aromatic N) is 3. The Morgan fingerprint density at radius 2 is 1.73 bits per heavy atom. The Morgan fingerprint density at radius 3 is 2.37 bits per heavy atom. The van der Waals surface area contributed by atoms with Crippen LogP contribution in [0, 0.1) is 11.7 Å². The van der Waals surface area contributed by atoms with Gasteiger partial charge in [-0.15, -0.1) is 0 Å². The molecule has 162 valence electrons. The summed E-state index contributed by atoms with van der Waals surface area (Å²) in [4.78, 5) is 53.3. The van der Waals surface area contributed by atoms with E-state index >= 15 is 0 Å². The van der Waals surface area contributed by atoms with Crippen molar-refractivity contribution in [3.63, 3.8) is 0 Å². The molecule has 0 aromatic heterocycles. The zero-order chi connectivity index (χ0) is 21.7. The first-order valence-corrected chi connectivity index (χ1v) is 9.92. The average Bonchev–Trinajstić information content (AvgIpc) is 3.14. The second-order valence-electron chi connectivity index (χ2n) is 7.17. The summed E-state index contributed by atoms with van der Waals surface area (Å²) in [5.41, 5.74) is 0.534. The maximum Gasteiger partial charge on any atom is 0.409 e. The van der Waals surface area contributed by atoms with Crippen molar-refractivity contribution >= 4 is 29.5 Å². The van der Waals surface area contributed by atoms with Crippen LogP contribution in [0.5, 0.6) is 0 Å². The molecular weight excluding hydrogens is 395 g/mol. The quantitative estimate of drug-likeness (QED) is 0.752. The molecule has 0 bridgehead atoms. The normalized spacial score (nSPS) is 19.1. The lowest BCUT2D eigenvalue weighted by Gasteiger charge is -2.34. The first-order valence-electron chi connectivity index (χ1n) is 9.92. The van der Waals surface area contributed by atoms with Crippen molar-refractivity contribution in [3.05, 3.63) is 30.1 Å². The zero-order valence-electron chi connectivity index (χ0n) is 16.8. The number of piperazine rings is 1. The Morgan fingerprint density at radius 1 is 1.10 bits per heavy atom. The monoisotopic (exact) mass is 420 g/mol. The molecule has 1 aromatic rings. The summed E-state index contributed by atoms with van der Waals surface area (Å²) in [7, 11) is 0. The lowest BCUT2D eigenvalue weighted by molar-refractivity contribution is -0.135. The number of rotatable bonds is 5. The molecule has 2 fully saturated rings. The molecule has 2 aliphatic heterocycles. The van der Waals surface area contributed by atoms with Gasteiger partial charge in [-0.05, 0) is 31.2 Å². The van der Waals surface area contributed by atoms with Crippen LogP contribution in [0.4, 0.5) is 14.9 Å². The molecule has 3 rings (SSSR count). The summed E-state index contributed by atoms with van der Waals surface area (Å²) >= 11 is 0. The van der Waals surface area contributed by atoms with Crippen molar-refractivity contribution in [1.29, 1.82) is 0 Å². The van der Waals surface area contributed by atoms with Crippen LogP contribution in [0.2, 0.25) is 0 Å². The summed E-state index contributed by atoms with van der Waals surface area (Å²) < 4.78 is 18.0. The van der Waals surface area contributed by atoms with Gasteiger partial charge in [-0.1, -0.05) is 0 Å². The van der Waals surface area contributed by atoms with Crippen molar-refractivity contribution in [2.24, 2.45) is 5.92 Å². The highest BCUT2D eigenvalue weighted by atomic mass is 19.1. The highest BCUT2D eigenvalue weighted by Crippen LogP contribution is 2.25. The maximum absolute atomic E-state index is 13.1. The van der Waals surface area contributed by atoms with Crippen molar-refractivity contribution < 1.29 is 28.3 Å². The fourth-order valence-electron chi connectivity index (χ4n) is 3.53. The molecule has 1 aromatic carbocycles. The van der Waals surface area contributed by atoms with E-state index < -0.39 is 17.8 Å². The number of halogens is 1. The van der Waals surface area contributed by atoms with Crippen LogP contribution in [0.3, 0.4) is 0 Å². The fourth-order valence-corrected chi connectivity index (χ4v) is 3.53. The molecule has 2 heterocycles. The van der Waals surface area contributed by atoms with Crippen LogP contribution >= 0.6 is 0 Å². The topological polar surface area (TPSA) is 99.3 Å². The minimum Gasteiger partial charge on any atom is -0.450 e. The van der Waals surface area contributed by atoms with Crippen molar-refractivity contribution in [2.75, 3.05) is 50.8 Å². The van der Waals surface area contributed by atoms with Crippen molar-refractivity contribution in [3.8, 4) is 0 Å². The number of benzene rings is 1. The summed E-state index contributed by atoms with van der Waals surface area (Å²) in [6.45, 7) is 3.54. The van der Waals surface area contributed by atoms with Crippen LogP contribution in [0.1, 0.15) is 13.3 Å². The van der Waals surface area contributed by atoms with E-state index in [9.17, 15) is 23.6 Å². The first kappa shape index (κ1) is 21.5. The smallest absolute Gasteiger partial charge is 0.409 e. The Balaban J connectivity index is 1.44. The fraction of sp³-hybridized carbons (Fsp3) is 0.500. The summed E-state index contributed by atoms with van der Waals surface area (Å²) in [6, 6.07) is 5.51. The SMILES string of the molecule is CCOC(=O)N1CCN(C(=O)CNC(=O)[C@@H]2CC(=O)N(c3ccc(F)cc3)C2)CC1. The highest BCUT2D eigenvalue weighted by Gasteiger charge is 2.35. The van der Waals surface area contributed by atoms with E-state index in [4.69, 9.17) is 4.74 Å². The van der Waals surface area contributed by atoms with Gasteiger partial charge >= 0.3 is 6.09 Å². The Hall–Kier alpha value is -3.17. The molecule has 30 heavy (non-hydrogen) atoms. The van der Waals surface area contributed by atoms with Gasteiger partial charge in [0.05, 0.1) is 19.1 Å². The molecule has 10 heteroatoms. The molecule has 0 spiro atoms. The minimum absolute atomic E-state index is 0.0373. The van der Waals surface area contributed by atoms with Gasteiger partial charge in [0.2, 0.25) is 17.7 Å². The standard InChI is InChI=1S/C20H25FN4O5/c1-2-30-20(29)24-9-7-23(8-10-24)18(27)12-22-19(28)14-11-17(26)25(13-14)16-5-3-15(21)4-6-16/h3-6,14H,2,7-13H2,1H3,(H,22,28)/t14-/m1/s1. The Labute approximate surface area is 173 Å².